The Hall–Kier alpha value is -2.05. The number of carbonyl (C=O) groups excluding carboxylic acids is 1. The molecule has 27 heavy (non-hydrogen) atoms. The van der Waals surface area contributed by atoms with Crippen LogP contribution in [0.3, 0.4) is 0 Å². The number of carbonyl (C=O) groups is 1. The first kappa shape index (κ1) is 19.7. The molecular formula is C21H31N3O3. The van der Waals surface area contributed by atoms with Crippen molar-refractivity contribution >= 4 is 17.2 Å². The lowest BCUT2D eigenvalue weighted by Gasteiger charge is -2.39. The molecule has 2 N–H and O–H groups in total. The second kappa shape index (κ2) is 9.24. The number of ether oxygens (including phenoxy) is 2. The minimum Gasteiger partial charge on any atom is -0.495 e. The maximum Gasteiger partial charge on any atom is 0.302 e. The maximum absolute atomic E-state index is 10.9. The number of esters is 1. The van der Waals surface area contributed by atoms with Crippen molar-refractivity contribution in [2.24, 2.45) is 0 Å². The lowest BCUT2D eigenvalue weighted by atomic mass is 9.96. The third-order valence-corrected chi connectivity index (χ3v) is 5.63. The average Bonchev–Trinajstić information content (AvgIpc) is 2.69. The van der Waals surface area contributed by atoms with E-state index in [1.54, 1.807) is 7.11 Å². The Kier molecular flexibility index (Phi) is 6.74. The standard InChI is InChI=1S/C21H31N3O3/c1-16(25)27-14-13-23-9-7-19(8-10-23)24-11-5-17(6-12-24)18-3-4-20(22)21(15-18)26-2/h3-5,15,19H,6-14,22H2,1-2H3. The minimum absolute atomic E-state index is 0.195. The number of nitrogen functional groups attached to an aromatic ring is 1. The van der Waals surface area contributed by atoms with Gasteiger partial charge in [0.15, 0.2) is 0 Å². The van der Waals surface area contributed by atoms with Crippen LogP contribution in [0.1, 0.15) is 31.7 Å². The van der Waals surface area contributed by atoms with Crippen molar-refractivity contribution in [3.8, 4) is 5.75 Å². The molecule has 0 bridgehead atoms. The van der Waals surface area contributed by atoms with Gasteiger partial charge in [-0.2, -0.15) is 0 Å². The van der Waals surface area contributed by atoms with E-state index in [1.807, 2.05) is 12.1 Å². The van der Waals surface area contributed by atoms with Gasteiger partial charge in [-0.3, -0.25) is 14.6 Å². The van der Waals surface area contributed by atoms with Crippen molar-refractivity contribution in [3.05, 3.63) is 29.8 Å². The van der Waals surface area contributed by atoms with Crippen LogP contribution < -0.4 is 10.5 Å². The molecule has 1 saturated heterocycles. The van der Waals surface area contributed by atoms with Gasteiger partial charge in [0.05, 0.1) is 12.8 Å². The van der Waals surface area contributed by atoms with Crippen molar-refractivity contribution in [1.82, 2.24) is 9.80 Å². The highest BCUT2D eigenvalue weighted by molar-refractivity contribution is 5.71. The normalized spacial score (nSPS) is 19.6. The van der Waals surface area contributed by atoms with Crippen LogP contribution in [0.5, 0.6) is 5.75 Å². The summed E-state index contributed by atoms with van der Waals surface area (Å²) in [5.41, 5.74) is 9.19. The Morgan fingerprint density at radius 3 is 2.67 bits per heavy atom. The van der Waals surface area contributed by atoms with Gasteiger partial charge in [-0.1, -0.05) is 12.1 Å². The third kappa shape index (κ3) is 5.23. The zero-order valence-corrected chi connectivity index (χ0v) is 16.4. The van der Waals surface area contributed by atoms with Crippen LogP contribution in [0.15, 0.2) is 24.3 Å². The number of anilines is 1. The summed E-state index contributed by atoms with van der Waals surface area (Å²) in [6, 6.07) is 6.69. The van der Waals surface area contributed by atoms with Gasteiger partial charge in [0.25, 0.3) is 0 Å². The van der Waals surface area contributed by atoms with Gasteiger partial charge >= 0.3 is 5.97 Å². The Balaban J connectivity index is 1.49. The van der Waals surface area contributed by atoms with Crippen molar-refractivity contribution in [3.63, 3.8) is 0 Å². The molecule has 3 rings (SSSR count). The Morgan fingerprint density at radius 1 is 1.26 bits per heavy atom. The molecule has 6 heteroatoms. The number of benzene rings is 1. The molecule has 0 amide bonds. The van der Waals surface area contributed by atoms with Crippen LogP contribution in [0.4, 0.5) is 5.69 Å². The van der Waals surface area contributed by atoms with E-state index in [2.05, 4.69) is 21.9 Å². The number of methoxy groups -OCH3 is 1. The van der Waals surface area contributed by atoms with Gasteiger partial charge in [-0.15, -0.1) is 0 Å². The fraction of sp³-hybridized carbons (Fsp3) is 0.571. The molecule has 1 fully saturated rings. The van der Waals surface area contributed by atoms with Crippen LogP contribution in [0, 0.1) is 0 Å². The maximum atomic E-state index is 10.9. The summed E-state index contributed by atoms with van der Waals surface area (Å²) in [5, 5.41) is 0. The molecule has 2 aliphatic rings. The van der Waals surface area contributed by atoms with Gasteiger partial charge in [-0.25, -0.2) is 0 Å². The summed E-state index contributed by atoms with van der Waals surface area (Å²) in [6.07, 6.45) is 5.76. The quantitative estimate of drug-likeness (QED) is 0.610. The number of hydrogen-bond donors (Lipinski definition) is 1. The Bertz CT molecular complexity index is 681. The fourth-order valence-electron chi connectivity index (χ4n) is 4.02. The SMILES string of the molecule is COc1cc(C2=CCN(C3CCN(CCOC(C)=O)CC3)CC2)ccc1N. The van der Waals surface area contributed by atoms with Crippen molar-refractivity contribution in [2.45, 2.75) is 32.2 Å². The smallest absolute Gasteiger partial charge is 0.302 e. The van der Waals surface area contributed by atoms with Crippen LogP contribution in [0.2, 0.25) is 0 Å². The molecule has 0 saturated carbocycles. The molecule has 6 nitrogen and oxygen atoms in total. The number of likely N-dealkylation sites (tertiary alicyclic amines) is 1. The van der Waals surface area contributed by atoms with Crippen LogP contribution in [0.25, 0.3) is 5.57 Å². The average molecular weight is 373 g/mol. The Labute approximate surface area is 161 Å². The second-order valence-corrected chi connectivity index (χ2v) is 7.34. The highest BCUT2D eigenvalue weighted by Gasteiger charge is 2.26. The van der Waals surface area contributed by atoms with E-state index in [4.69, 9.17) is 15.2 Å². The van der Waals surface area contributed by atoms with E-state index in [0.717, 1.165) is 44.9 Å². The Morgan fingerprint density at radius 2 is 2.04 bits per heavy atom. The molecule has 0 aromatic heterocycles. The van der Waals surface area contributed by atoms with Crippen LogP contribution in [-0.2, 0) is 9.53 Å². The summed E-state index contributed by atoms with van der Waals surface area (Å²) in [6.45, 7) is 7.06. The molecule has 2 aliphatic heterocycles. The zero-order valence-electron chi connectivity index (χ0n) is 16.4. The molecule has 0 aliphatic carbocycles. The highest BCUT2D eigenvalue weighted by atomic mass is 16.5. The van der Waals surface area contributed by atoms with Crippen molar-refractivity contribution < 1.29 is 14.3 Å². The summed E-state index contributed by atoms with van der Waals surface area (Å²) in [7, 11) is 1.66. The lowest BCUT2D eigenvalue weighted by molar-refractivity contribution is -0.141. The van der Waals surface area contributed by atoms with E-state index >= 15 is 0 Å². The molecular weight excluding hydrogens is 342 g/mol. The van der Waals surface area contributed by atoms with E-state index in [-0.39, 0.29) is 5.97 Å². The molecule has 0 radical (unpaired) electrons. The molecule has 2 heterocycles. The highest BCUT2D eigenvalue weighted by Crippen LogP contribution is 2.30. The summed E-state index contributed by atoms with van der Waals surface area (Å²) >= 11 is 0. The number of rotatable bonds is 6. The van der Waals surface area contributed by atoms with Gasteiger partial charge in [0, 0.05) is 32.6 Å². The summed E-state index contributed by atoms with van der Waals surface area (Å²) in [5.74, 6) is 0.552. The van der Waals surface area contributed by atoms with Gasteiger partial charge in [0.1, 0.15) is 12.4 Å². The fourth-order valence-corrected chi connectivity index (χ4v) is 4.02. The predicted molar refractivity (Wildman–Crippen MR) is 108 cm³/mol. The largest absolute Gasteiger partial charge is 0.495 e. The van der Waals surface area contributed by atoms with Gasteiger partial charge < -0.3 is 15.2 Å². The monoisotopic (exact) mass is 373 g/mol. The lowest BCUT2D eigenvalue weighted by Crippen LogP contribution is -2.46. The van der Waals surface area contributed by atoms with Crippen molar-refractivity contribution in [2.75, 3.05) is 52.2 Å². The topological polar surface area (TPSA) is 68.0 Å². The van der Waals surface area contributed by atoms with E-state index in [9.17, 15) is 4.79 Å². The van der Waals surface area contributed by atoms with Gasteiger partial charge in [-0.05, 0) is 55.6 Å². The summed E-state index contributed by atoms with van der Waals surface area (Å²) in [4.78, 5) is 15.9. The molecule has 0 unspecified atom stereocenters. The first-order chi connectivity index (χ1) is 13.1. The van der Waals surface area contributed by atoms with E-state index < -0.39 is 0 Å². The number of nitrogens with zero attached hydrogens (tertiary/aromatic N) is 2. The van der Waals surface area contributed by atoms with Crippen LogP contribution >= 0.6 is 0 Å². The van der Waals surface area contributed by atoms with E-state index in [0.29, 0.717) is 18.3 Å². The first-order valence-corrected chi connectivity index (χ1v) is 9.79. The molecule has 148 valence electrons. The second-order valence-electron chi connectivity index (χ2n) is 7.34. The van der Waals surface area contributed by atoms with E-state index in [1.165, 1.54) is 30.9 Å². The first-order valence-electron chi connectivity index (χ1n) is 9.79. The zero-order chi connectivity index (χ0) is 19.2. The predicted octanol–water partition coefficient (Wildman–Crippen LogP) is 2.39. The van der Waals surface area contributed by atoms with Gasteiger partial charge in [0.2, 0.25) is 0 Å². The molecule has 1 aromatic carbocycles. The summed E-state index contributed by atoms with van der Waals surface area (Å²) < 4.78 is 10.4. The molecule has 0 atom stereocenters. The molecule has 1 aromatic rings. The van der Waals surface area contributed by atoms with Crippen molar-refractivity contribution in [1.29, 1.82) is 0 Å². The number of nitrogens with two attached hydrogens (primary N) is 1. The number of hydrogen-bond acceptors (Lipinski definition) is 6. The minimum atomic E-state index is -0.195. The van der Waals surface area contributed by atoms with Crippen LogP contribution in [-0.4, -0.2) is 68.3 Å². The number of piperidine rings is 1. The third-order valence-electron chi connectivity index (χ3n) is 5.63. The molecule has 0 spiro atoms.